The molecule has 0 bridgehead atoms. The molecule has 0 aliphatic heterocycles. The van der Waals surface area contributed by atoms with Crippen LogP contribution in [0.15, 0.2) is 70.5 Å². The quantitative estimate of drug-likeness (QED) is 0.399. The molecule has 0 radical (unpaired) electrons. The van der Waals surface area contributed by atoms with Crippen molar-refractivity contribution in [1.29, 1.82) is 0 Å². The first-order valence-electron chi connectivity index (χ1n) is 10.0. The monoisotopic (exact) mass is 445 g/mol. The second-order valence-electron chi connectivity index (χ2n) is 7.82. The van der Waals surface area contributed by atoms with E-state index in [-0.39, 0.29) is 5.56 Å². The maximum Gasteiger partial charge on any atom is 0.333 e. The number of aromatic nitrogens is 3. The van der Waals surface area contributed by atoms with E-state index in [4.69, 9.17) is 11.6 Å². The molecule has 0 amide bonds. The van der Waals surface area contributed by atoms with Crippen LogP contribution in [0.1, 0.15) is 24.3 Å². The van der Waals surface area contributed by atoms with Crippen molar-refractivity contribution in [1.82, 2.24) is 14.5 Å². The Labute approximate surface area is 185 Å². The van der Waals surface area contributed by atoms with Crippen LogP contribution in [0.5, 0.6) is 0 Å². The SMILES string of the molecule is O=c1[nH]c2cc(-c3cc(C4CC4)ccc3Cl)sc2c(=O)n1-c1cncc2ccccc12. The Bertz CT molecular complexity index is 1610. The van der Waals surface area contributed by atoms with E-state index in [1.54, 1.807) is 12.4 Å². The third kappa shape index (κ3) is 3.02. The average Bonchev–Trinajstić information content (AvgIpc) is 3.54. The molecule has 5 nitrogen and oxygen atoms in total. The highest BCUT2D eigenvalue weighted by Gasteiger charge is 2.24. The molecule has 3 heterocycles. The lowest BCUT2D eigenvalue weighted by Gasteiger charge is -2.07. The molecule has 1 aliphatic rings. The van der Waals surface area contributed by atoms with Crippen LogP contribution in [0.4, 0.5) is 0 Å². The highest BCUT2D eigenvalue weighted by Crippen LogP contribution is 2.43. The maximum atomic E-state index is 13.4. The van der Waals surface area contributed by atoms with E-state index in [1.165, 1.54) is 34.3 Å². The van der Waals surface area contributed by atoms with Gasteiger partial charge in [0.2, 0.25) is 0 Å². The fraction of sp³-hybridized carbons (Fsp3) is 0.125. The number of hydrogen-bond donors (Lipinski definition) is 1. The van der Waals surface area contributed by atoms with Gasteiger partial charge in [-0.1, -0.05) is 41.9 Å². The Morgan fingerprint density at radius 3 is 2.74 bits per heavy atom. The summed E-state index contributed by atoms with van der Waals surface area (Å²) in [6.07, 6.45) is 5.67. The molecule has 7 heteroatoms. The van der Waals surface area contributed by atoms with Gasteiger partial charge in [-0.15, -0.1) is 11.3 Å². The molecule has 152 valence electrons. The number of H-pyrrole nitrogens is 1. The predicted octanol–water partition coefficient (Wildman–Crippen LogP) is 5.49. The average molecular weight is 446 g/mol. The summed E-state index contributed by atoms with van der Waals surface area (Å²) in [5.41, 5.74) is 2.30. The lowest BCUT2D eigenvalue weighted by Crippen LogP contribution is -2.33. The van der Waals surface area contributed by atoms with Crippen LogP contribution in [-0.4, -0.2) is 14.5 Å². The number of rotatable bonds is 3. The van der Waals surface area contributed by atoms with Crippen molar-refractivity contribution in [3.05, 3.63) is 92.3 Å². The molecule has 3 aromatic heterocycles. The normalized spacial score (nSPS) is 13.8. The molecule has 1 aliphatic carbocycles. The maximum absolute atomic E-state index is 13.4. The summed E-state index contributed by atoms with van der Waals surface area (Å²) in [5, 5.41) is 2.29. The van der Waals surface area contributed by atoms with E-state index in [1.807, 2.05) is 36.4 Å². The van der Waals surface area contributed by atoms with Crippen molar-refractivity contribution in [2.75, 3.05) is 0 Å². The molecule has 5 aromatic rings. The molecule has 31 heavy (non-hydrogen) atoms. The van der Waals surface area contributed by atoms with Gasteiger partial charge in [0.25, 0.3) is 5.56 Å². The van der Waals surface area contributed by atoms with Crippen molar-refractivity contribution in [3.63, 3.8) is 0 Å². The van der Waals surface area contributed by atoms with Crippen LogP contribution in [-0.2, 0) is 0 Å². The summed E-state index contributed by atoms with van der Waals surface area (Å²) in [6.45, 7) is 0. The Morgan fingerprint density at radius 1 is 1.06 bits per heavy atom. The van der Waals surface area contributed by atoms with Crippen LogP contribution in [0.2, 0.25) is 5.02 Å². The van der Waals surface area contributed by atoms with Crippen molar-refractivity contribution in [2.45, 2.75) is 18.8 Å². The number of fused-ring (bicyclic) bond motifs is 2. The topological polar surface area (TPSA) is 67.8 Å². The first-order chi connectivity index (χ1) is 15.1. The summed E-state index contributed by atoms with van der Waals surface area (Å²) in [7, 11) is 0. The summed E-state index contributed by atoms with van der Waals surface area (Å²) >= 11 is 7.84. The second-order valence-corrected chi connectivity index (χ2v) is 9.28. The number of nitrogens with zero attached hydrogens (tertiary/aromatic N) is 2. The zero-order chi connectivity index (χ0) is 21.1. The fourth-order valence-electron chi connectivity index (χ4n) is 4.04. The molecule has 0 saturated heterocycles. The van der Waals surface area contributed by atoms with Crippen LogP contribution in [0, 0.1) is 0 Å². The zero-order valence-electron chi connectivity index (χ0n) is 16.3. The second kappa shape index (κ2) is 6.90. The van der Waals surface area contributed by atoms with Gasteiger partial charge in [0.15, 0.2) is 0 Å². The van der Waals surface area contributed by atoms with Crippen LogP contribution in [0.25, 0.3) is 37.1 Å². The molecule has 0 unspecified atom stereocenters. The number of thiophene rings is 1. The molecule has 1 N–H and O–H groups in total. The number of pyridine rings is 1. The Balaban J connectivity index is 1.58. The summed E-state index contributed by atoms with van der Waals surface area (Å²) < 4.78 is 1.65. The first-order valence-corrected chi connectivity index (χ1v) is 11.2. The molecule has 2 aromatic carbocycles. The van der Waals surface area contributed by atoms with Gasteiger partial charge in [-0.05, 0) is 42.5 Å². The van der Waals surface area contributed by atoms with Gasteiger partial charge in [-0.2, -0.15) is 0 Å². The number of nitrogens with one attached hydrogen (secondary N) is 1. The standard InChI is InChI=1S/C24H16ClN3O2S/c25-18-8-7-14(13-5-6-13)9-17(18)21-10-19-22(31-21)23(29)28(24(30)27-19)20-12-26-11-15-3-1-2-4-16(15)20/h1-4,7-13H,5-6H2,(H,27,30). The van der Waals surface area contributed by atoms with E-state index in [9.17, 15) is 9.59 Å². The molecule has 1 fully saturated rings. The molecule has 0 spiro atoms. The summed E-state index contributed by atoms with van der Waals surface area (Å²) in [6, 6.07) is 15.5. The smallest absolute Gasteiger partial charge is 0.306 e. The van der Waals surface area contributed by atoms with E-state index < -0.39 is 5.69 Å². The minimum atomic E-state index is -0.488. The van der Waals surface area contributed by atoms with Crippen molar-refractivity contribution < 1.29 is 0 Å². The minimum Gasteiger partial charge on any atom is -0.306 e. The lowest BCUT2D eigenvalue weighted by atomic mass is 10.1. The number of benzene rings is 2. The fourth-order valence-corrected chi connectivity index (χ4v) is 5.39. The van der Waals surface area contributed by atoms with Crippen LogP contribution >= 0.6 is 22.9 Å². The van der Waals surface area contributed by atoms with Gasteiger partial charge < -0.3 is 4.98 Å². The van der Waals surface area contributed by atoms with Gasteiger partial charge in [0.1, 0.15) is 4.70 Å². The number of halogens is 1. The van der Waals surface area contributed by atoms with E-state index >= 15 is 0 Å². The predicted molar refractivity (Wildman–Crippen MR) is 126 cm³/mol. The molecule has 1 saturated carbocycles. The Morgan fingerprint density at radius 2 is 1.90 bits per heavy atom. The first kappa shape index (κ1) is 18.5. The Kier molecular flexibility index (Phi) is 4.13. The van der Waals surface area contributed by atoms with E-state index in [0.717, 1.165) is 21.2 Å². The van der Waals surface area contributed by atoms with Gasteiger partial charge in [0, 0.05) is 32.4 Å². The third-order valence-corrected chi connectivity index (χ3v) is 7.25. The van der Waals surface area contributed by atoms with E-state index in [0.29, 0.717) is 26.8 Å². The highest BCUT2D eigenvalue weighted by molar-refractivity contribution is 7.22. The van der Waals surface area contributed by atoms with Crippen molar-refractivity contribution in [3.8, 4) is 16.1 Å². The third-order valence-electron chi connectivity index (χ3n) is 5.77. The van der Waals surface area contributed by atoms with Gasteiger partial charge in [-0.3, -0.25) is 9.78 Å². The van der Waals surface area contributed by atoms with Gasteiger partial charge in [-0.25, -0.2) is 9.36 Å². The number of hydrogen-bond acceptors (Lipinski definition) is 4. The van der Waals surface area contributed by atoms with Gasteiger partial charge >= 0.3 is 5.69 Å². The van der Waals surface area contributed by atoms with E-state index in [2.05, 4.69) is 22.1 Å². The minimum absolute atomic E-state index is 0.359. The molecular formula is C24H16ClN3O2S. The van der Waals surface area contributed by atoms with Crippen LogP contribution < -0.4 is 11.2 Å². The van der Waals surface area contributed by atoms with Gasteiger partial charge in [0.05, 0.1) is 17.4 Å². The Hall–Kier alpha value is -3.22. The lowest BCUT2D eigenvalue weighted by molar-refractivity contribution is 0.905. The van der Waals surface area contributed by atoms with Crippen molar-refractivity contribution in [2.24, 2.45) is 0 Å². The molecule has 0 atom stereocenters. The van der Waals surface area contributed by atoms with Crippen LogP contribution in [0.3, 0.4) is 0 Å². The summed E-state index contributed by atoms with van der Waals surface area (Å²) in [4.78, 5) is 34.3. The number of aromatic amines is 1. The highest BCUT2D eigenvalue weighted by atomic mass is 35.5. The summed E-state index contributed by atoms with van der Waals surface area (Å²) in [5.74, 6) is 0.598. The molecule has 6 rings (SSSR count). The largest absolute Gasteiger partial charge is 0.333 e. The van der Waals surface area contributed by atoms with Crippen molar-refractivity contribution >= 4 is 43.9 Å². The zero-order valence-corrected chi connectivity index (χ0v) is 17.8. The molecular weight excluding hydrogens is 430 g/mol.